The second kappa shape index (κ2) is 50.5. The van der Waals surface area contributed by atoms with Gasteiger partial charge >= 0.3 is 20.1 Å². The van der Waals surface area contributed by atoms with Crippen LogP contribution in [0.25, 0.3) is 144 Å². The molecule has 21 rings (SSSR count). The van der Waals surface area contributed by atoms with Gasteiger partial charge in [-0.3, -0.25) is 9.54 Å². The Morgan fingerprint density at radius 2 is 0.733 bits per heavy atom. The largest absolute Gasteiger partial charge is 3.00 e. The first kappa shape index (κ1) is 100. The first-order chi connectivity index (χ1) is 64.9. The standard InChI is InChI=1S/C42H28.C22H16N.3C11H8N.C10H14O3S.C8H10O2S.C5H12O2.2Ir/c1-3-12-29(13-4-1)34-25-35(30-14-5-2-6-15-30)27-36(26-34)32-17-11-16-31(24-32)33-22-23-41-39-20-8-7-18-37(39)38-19-9-10-21-40(38)42(41)28-33;1-16-14-19-10-5-6-13-21(19)23-22(16)20-12-7-11-18(15-20)17-8-3-2-4-9-17;3*1-2-6-10(7-3-1)11-8-4-5-9-12-11;1-3-8(2)9-4-6-10(7-5-9)14(11,12)13;1-5-7-8(6(2)11-5)10-4-3-9-7;1-4(6)3-5(2)7;;/h1-28H;2-11,13-15H,1H3;3*1-6,8-9H;4-8H,3H2,1-2H3,(H,11,12,13);3-4H2,1-2H3;4-7H,3H2,1-2H3;;/q;4*-1;;;;;+3. The van der Waals surface area contributed by atoms with E-state index in [-0.39, 0.29) is 57.3 Å². The van der Waals surface area contributed by atoms with E-state index in [2.05, 4.69) is 298 Å². The summed E-state index contributed by atoms with van der Waals surface area (Å²) in [4.78, 5) is 19.9. The van der Waals surface area contributed by atoms with Gasteiger partial charge in [0.2, 0.25) is 0 Å². The number of para-hydroxylation sites is 1. The van der Waals surface area contributed by atoms with Crippen LogP contribution in [0.15, 0.2) is 424 Å². The summed E-state index contributed by atoms with van der Waals surface area (Å²) in [6.07, 6.45) is 6.09. The Balaban J connectivity index is 0.000000150. The molecular weight excluding hydrogens is 2060 g/mol. The molecule has 0 aliphatic carbocycles. The molecule has 20 aromatic rings. The average molecular weight is 2160 g/mol. The zero-order chi connectivity index (χ0) is 92.7. The van der Waals surface area contributed by atoms with Crippen LogP contribution < -0.4 is 9.47 Å². The molecule has 135 heavy (non-hydrogen) atoms. The summed E-state index contributed by atoms with van der Waals surface area (Å²) in [7, 11) is -4.05. The van der Waals surface area contributed by atoms with Crippen LogP contribution in [0.4, 0.5) is 0 Å². The smallest absolute Gasteiger partial charge is 0.485 e. The molecule has 5 aromatic heterocycles. The van der Waals surface area contributed by atoms with Crippen LogP contribution in [0.3, 0.4) is 0 Å². The van der Waals surface area contributed by atoms with Crippen LogP contribution in [0.5, 0.6) is 11.5 Å². The van der Waals surface area contributed by atoms with E-state index in [1.54, 1.807) is 55.9 Å². The van der Waals surface area contributed by atoms with Crippen molar-refractivity contribution in [2.45, 2.75) is 84.3 Å². The number of fused-ring (bicyclic) bond motifs is 8. The van der Waals surface area contributed by atoms with Crippen molar-refractivity contribution in [1.29, 1.82) is 0 Å². The molecule has 0 amide bonds. The van der Waals surface area contributed by atoms with Gasteiger partial charge in [-0.1, -0.05) is 262 Å². The van der Waals surface area contributed by atoms with Gasteiger partial charge < -0.3 is 34.6 Å². The second-order valence-corrected chi connectivity index (χ2v) is 34.8. The van der Waals surface area contributed by atoms with Gasteiger partial charge in [0.1, 0.15) is 13.2 Å². The minimum Gasteiger partial charge on any atom is -0.485 e. The van der Waals surface area contributed by atoms with Crippen LogP contribution in [0.1, 0.15) is 67.3 Å². The van der Waals surface area contributed by atoms with Crippen LogP contribution in [0, 0.1) is 45.0 Å². The first-order valence-electron chi connectivity index (χ1n) is 44.5. The molecule has 0 spiro atoms. The molecule has 15 aromatic carbocycles. The molecule has 0 saturated heterocycles. The van der Waals surface area contributed by atoms with Gasteiger partial charge in [0.05, 0.1) is 22.6 Å². The Bertz CT molecular complexity index is 6790. The number of hydrogen-bond donors (Lipinski definition) is 3. The van der Waals surface area contributed by atoms with Gasteiger partial charge in [-0.15, -0.1) is 154 Å². The summed E-state index contributed by atoms with van der Waals surface area (Å²) in [6.45, 7) is 15.1. The molecule has 1 aliphatic rings. The predicted molar refractivity (Wildman–Crippen MR) is 550 cm³/mol. The number of ether oxygens (including phenoxy) is 2. The predicted octanol–water partition coefficient (Wildman–Crippen LogP) is 29.9. The van der Waals surface area contributed by atoms with Gasteiger partial charge in [-0.2, -0.15) is 8.42 Å². The third-order valence-corrected chi connectivity index (χ3v) is 24.1. The maximum absolute atomic E-state index is 10.7. The van der Waals surface area contributed by atoms with Gasteiger partial charge in [0, 0.05) is 48.5 Å². The monoisotopic (exact) mass is 2160 g/mol. The molecule has 6 heterocycles. The fourth-order valence-electron chi connectivity index (χ4n) is 15.4. The van der Waals surface area contributed by atoms with E-state index in [0.717, 1.165) is 74.0 Å². The second-order valence-electron chi connectivity index (χ2n) is 32.0. The Morgan fingerprint density at radius 3 is 1.16 bits per heavy atom. The van der Waals surface area contributed by atoms with Crippen molar-refractivity contribution in [3.05, 3.63) is 464 Å². The number of aromatic nitrogens is 4. The maximum Gasteiger partial charge on any atom is 3.00 e. The zero-order valence-corrected chi connectivity index (χ0v) is 82.6. The van der Waals surface area contributed by atoms with E-state index >= 15 is 0 Å². The van der Waals surface area contributed by atoms with Crippen molar-refractivity contribution in [2.75, 3.05) is 13.2 Å². The fraction of sp³-hybridized carbons (Fsp3) is 0.117. The first-order valence-corrected chi connectivity index (χ1v) is 46.7. The Kier molecular flexibility index (Phi) is 37.5. The number of rotatable bonds is 14. The summed E-state index contributed by atoms with van der Waals surface area (Å²) in [5, 5.41) is 26.1. The van der Waals surface area contributed by atoms with Crippen LogP contribution in [-0.4, -0.2) is 68.5 Å². The van der Waals surface area contributed by atoms with Crippen molar-refractivity contribution in [1.82, 2.24) is 19.9 Å². The molecule has 11 nitrogen and oxygen atoms in total. The average Bonchev–Trinajstić information content (AvgIpc) is 1.66. The number of benzene rings is 15. The molecule has 0 bridgehead atoms. The van der Waals surface area contributed by atoms with E-state index in [4.69, 9.17) is 29.2 Å². The molecule has 1 radical (unpaired) electrons. The van der Waals surface area contributed by atoms with E-state index in [9.17, 15) is 8.42 Å². The number of hydrogen-bond acceptors (Lipinski definition) is 11. The summed E-state index contributed by atoms with van der Waals surface area (Å²) in [5.41, 5.74) is 23.5. The zero-order valence-electron chi connectivity index (χ0n) is 76.1. The molecule has 0 saturated carbocycles. The van der Waals surface area contributed by atoms with Crippen molar-refractivity contribution in [3.63, 3.8) is 0 Å². The molecule has 677 valence electrons. The fourth-order valence-corrected chi connectivity index (χ4v) is 16.9. The summed E-state index contributed by atoms with van der Waals surface area (Å²) >= 11 is 1.74. The summed E-state index contributed by atoms with van der Waals surface area (Å²) in [6, 6.07) is 149. The van der Waals surface area contributed by atoms with Crippen LogP contribution >= 0.6 is 11.3 Å². The summed E-state index contributed by atoms with van der Waals surface area (Å²) < 4.78 is 41.1. The van der Waals surface area contributed by atoms with E-state index < -0.39 is 10.1 Å². The van der Waals surface area contributed by atoms with Crippen molar-refractivity contribution < 1.29 is 72.9 Å². The quantitative estimate of drug-likeness (QED) is 0.0539. The SMILES string of the molecule is CC(O)CC(C)O.CCC(C)c1ccc(S(=O)(=O)O)cc1.Cc1cc2ccccc2nc1-c1[c-]ccc(-c2ccccc2)c1.Cc1sc(C)c2c1OCCO2.[Ir+3].[Ir].[c-]1ccccc1-c1ccccn1.[c-]1ccccc1-c1ccccn1.[c-]1ccccc1-c1ccccn1.c1ccc(-c2cc(-c3ccccc3)cc(-c3cccc(-c4ccc5c6ccccc6c6ccccc6c5c4)c3)c2)cc1. The number of aliphatic hydroxyl groups excluding tert-OH is 2. The van der Waals surface area contributed by atoms with Gasteiger partial charge in [-0.05, 0) is 236 Å². The van der Waals surface area contributed by atoms with Gasteiger partial charge in [0.25, 0.3) is 10.1 Å². The topological polar surface area (TPSA) is 165 Å². The van der Waals surface area contributed by atoms with Crippen LogP contribution in [-0.2, 0) is 50.3 Å². The number of pyridine rings is 4. The van der Waals surface area contributed by atoms with Crippen molar-refractivity contribution >= 4 is 64.7 Å². The van der Waals surface area contributed by atoms with Crippen LogP contribution in [0.2, 0.25) is 0 Å². The van der Waals surface area contributed by atoms with Crippen molar-refractivity contribution in [2.24, 2.45) is 0 Å². The number of aliphatic hydroxyl groups is 2. The number of thiophene rings is 1. The van der Waals surface area contributed by atoms with Crippen molar-refractivity contribution in [3.8, 4) is 112 Å². The molecule has 3 unspecified atom stereocenters. The van der Waals surface area contributed by atoms with E-state index in [1.165, 1.54) is 121 Å². The minimum absolute atomic E-state index is 0. The molecule has 0 fully saturated rings. The molecule has 15 heteroatoms. The molecule has 3 N–H and O–H groups in total. The third kappa shape index (κ3) is 28.0. The molecular formula is C120H104Ir2N4O7S2-. The van der Waals surface area contributed by atoms with Gasteiger partial charge in [-0.25, -0.2) is 0 Å². The molecule has 1 aliphatic heterocycles. The Hall–Kier alpha value is -13.6. The maximum atomic E-state index is 10.7. The number of nitrogens with zero attached hydrogens (tertiary/aromatic N) is 4. The Labute approximate surface area is 824 Å². The normalized spacial score (nSPS) is 11.6. The minimum atomic E-state index is -4.05. The van der Waals surface area contributed by atoms with E-state index in [1.807, 2.05) is 152 Å². The van der Waals surface area contributed by atoms with E-state index in [0.29, 0.717) is 25.6 Å². The van der Waals surface area contributed by atoms with Gasteiger partial charge in [0.15, 0.2) is 11.5 Å². The Morgan fingerprint density at radius 1 is 0.363 bits per heavy atom. The molecule has 3 atom stereocenters. The summed E-state index contributed by atoms with van der Waals surface area (Å²) in [5.74, 6) is 2.32. The number of aryl methyl sites for hydroxylation is 3. The third-order valence-electron chi connectivity index (χ3n) is 22.2.